The average molecular weight is 251 g/mol. The number of ketones is 1. The molecule has 1 aromatic heterocycles. The number of carbonyl (C=O) groups is 2. The van der Waals surface area contributed by atoms with E-state index in [4.69, 9.17) is 9.47 Å². The molecule has 0 aliphatic carbocycles. The molecule has 0 saturated carbocycles. The fourth-order valence-corrected chi connectivity index (χ4v) is 1.97. The van der Waals surface area contributed by atoms with Crippen LogP contribution in [-0.2, 0) is 16.5 Å². The number of carbonyl (C=O) groups excluding carboxylic acids is 2. The Morgan fingerprint density at radius 3 is 2.61 bits per heavy atom. The van der Waals surface area contributed by atoms with Gasteiger partial charge in [-0.05, 0) is 13.0 Å². The van der Waals surface area contributed by atoms with E-state index in [1.807, 2.05) is 0 Å². The summed E-state index contributed by atoms with van der Waals surface area (Å²) in [6, 6.07) is 1.57. The number of esters is 1. The maximum atomic E-state index is 12.0. The molecule has 18 heavy (non-hydrogen) atoms. The van der Waals surface area contributed by atoms with Crippen LogP contribution in [0.5, 0.6) is 0 Å². The Morgan fingerprint density at radius 2 is 2.06 bits per heavy atom. The average Bonchev–Trinajstić information content (AvgIpc) is 2.73. The van der Waals surface area contributed by atoms with Gasteiger partial charge in [0, 0.05) is 31.6 Å². The molecule has 2 heterocycles. The van der Waals surface area contributed by atoms with E-state index >= 15 is 0 Å². The quantitative estimate of drug-likeness (QED) is 0.604. The lowest BCUT2D eigenvalue weighted by molar-refractivity contribution is -0.0165. The monoisotopic (exact) mass is 251 g/mol. The van der Waals surface area contributed by atoms with Gasteiger partial charge in [0.1, 0.15) is 11.8 Å². The standard InChI is InChI=1S/C13H17NO4/c1-9(15)10-7-12(14(2)8-10)13(16)18-11-3-5-17-6-4-11/h7-8,11H,3-6H2,1-2H3. The molecular formula is C13H17NO4. The third kappa shape index (κ3) is 2.79. The zero-order chi connectivity index (χ0) is 13.1. The molecule has 0 unspecified atom stereocenters. The number of ether oxygens (including phenoxy) is 2. The molecular weight excluding hydrogens is 234 g/mol. The topological polar surface area (TPSA) is 57.5 Å². The summed E-state index contributed by atoms with van der Waals surface area (Å²) < 4.78 is 12.2. The molecule has 0 atom stereocenters. The summed E-state index contributed by atoms with van der Waals surface area (Å²) in [7, 11) is 1.73. The first-order valence-electron chi connectivity index (χ1n) is 6.04. The van der Waals surface area contributed by atoms with Crippen molar-refractivity contribution >= 4 is 11.8 Å². The normalized spacial score (nSPS) is 16.6. The van der Waals surface area contributed by atoms with E-state index in [1.54, 1.807) is 23.9 Å². The van der Waals surface area contributed by atoms with Crippen molar-refractivity contribution in [1.29, 1.82) is 0 Å². The SMILES string of the molecule is CC(=O)c1cc(C(=O)OC2CCOCC2)n(C)c1. The Balaban J connectivity index is 2.06. The number of hydrogen-bond acceptors (Lipinski definition) is 4. The van der Waals surface area contributed by atoms with Crippen LogP contribution in [0.4, 0.5) is 0 Å². The van der Waals surface area contributed by atoms with Gasteiger partial charge in [-0.15, -0.1) is 0 Å². The number of rotatable bonds is 3. The summed E-state index contributed by atoms with van der Waals surface area (Å²) in [6.45, 7) is 2.73. The van der Waals surface area contributed by atoms with Gasteiger partial charge in [-0.3, -0.25) is 4.79 Å². The highest BCUT2D eigenvalue weighted by atomic mass is 16.6. The van der Waals surface area contributed by atoms with Crippen molar-refractivity contribution < 1.29 is 19.1 Å². The van der Waals surface area contributed by atoms with Crippen molar-refractivity contribution in [1.82, 2.24) is 4.57 Å². The summed E-state index contributed by atoms with van der Waals surface area (Å²) in [5.41, 5.74) is 0.933. The summed E-state index contributed by atoms with van der Waals surface area (Å²) in [4.78, 5) is 23.2. The highest BCUT2D eigenvalue weighted by Crippen LogP contribution is 2.15. The van der Waals surface area contributed by atoms with Crippen LogP contribution in [0, 0.1) is 0 Å². The summed E-state index contributed by atoms with van der Waals surface area (Å²) in [5.74, 6) is -0.437. The summed E-state index contributed by atoms with van der Waals surface area (Å²) in [5, 5.41) is 0. The molecule has 1 aromatic rings. The van der Waals surface area contributed by atoms with Crippen LogP contribution in [0.15, 0.2) is 12.3 Å². The Hall–Kier alpha value is -1.62. The Labute approximate surface area is 106 Å². The lowest BCUT2D eigenvalue weighted by Crippen LogP contribution is -2.26. The number of Topliss-reactive ketones (excluding diaryl/α,β-unsaturated/α-hetero) is 1. The van der Waals surface area contributed by atoms with Crippen LogP contribution in [0.2, 0.25) is 0 Å². The second-order valence-electron chi connectivity index (χ2n) is 4.50. The maximum Gasteiger partial charge on any atom is 0.355 e. The lowest BCUT2D eigenvalue weighted by Gasteiger charge is -2.22. The number of nitrogens with zero attached hydrogens (tertiary/aromatic N) is 1. The first kappa shape index (κ1) is 12.8. The summed E-state index contributed by atoms with van der Waals surface area (Å²) >= 11 is 0. The van der Waals surface area contributed by atoms with Gasteiger partial charge in [0.25, 0.3) is 0 Å². The van der Waals surface area contributed by atoms with Gasteiger partial charge in [0.15, 0.2) is 5.78 Å². The predicted molar refractivity (Wildman–Crippen MR) is 64.7 cm³/mol. The minimum absolute atomic E-state index is 0.0595. The smallest absolute Gasteiger partial charge is 0.355 e. The molecule has 0 spiro atoms. The fraction of sp³-hybridized carbons (Fsp3) is 0.538. The van der Waals surface area contributed by atoms with Gasteiger partial charge in [0.2, 0.25) is 0 Å². The summed E-state index contributed by atoms with van der Waals surface area (Å²) in [6.07, 6.45) is 3.02. The Morgan fingerprint density at radius 1 is 1.39 bits per heavy atom. The molecule has 0 aromatic carbocycles. The van der Waals surface area contributed by atoms with Crippen LogP contribution < -0.4 is 0 Å². The van der Waals surface area contributed by atoms with Crippen LogP contribution in [-0.4, -0.2) is 35.6 Å². The van der Waals surface area contributed by atoms with E-state index in [0.717, 1.165) is 12.8 Å². The van der Waals surface area contributed by atoms with E-state index in [-0.39, 0.29) is 17.9 Å². The third-order valence-corrected chi connectivity index (χ3v) is 3.06. The first-order chi connectivity index (χ1) is 8.58. The van der Waals surface area contributed by atoms with Crippen LogP contribution in [0.1, 0.15) is 40.6 Å². The molecule has 1 saturated heterocycles. The Bertz CT molecular complexity index is 458. The number of hydrogen-bond donors (Lipinski definition) is 0. The molecule has 0 N–H and O–H groups in total. The van der Waals surface area contributed by atoms with E-state index in [9.17, 15) is 9.59 Å². The second kappa shape index (κ2) is 5.35. The van der Waals surface area contributed by atoms with Gasteiger partial charge in [-0.2, -0.15) is 0 Å². The molecule has 0 bridgehead atoms. The van der Waals surface area contributed by atoms with E-state index in [1.165, 1.54) is 6.92 Å². The molecule has 5 nitrogen and oxygen atoms in total. The minimum Gasteiger partial charge on any atom is -0.458 e. The van der Waals surface area contributed by atoms with Crippen LogP contribution in [0.25, 0.3) is 0 Å². The van der Waals surface area contributed by atoms with Crippen molar-refractivity contribution in [3.8, 4) is 0 Å². The molecule has 2 rings (SSSR count). The van der Waals surface area contributed by atoms with Gasteiger partial charge in [-0.25, -0.2) is 4.79 Å². The van der Waals surface area contributed by atoms with E-state index in [0.29, 0.717) is 24.5 Å². The third-order valence-electron chi connectivity index (χ3n) is 3.06. The molecule has 1 aliphatic rings. The number of aromatic nitrogens is 1. The molecule has 1 aliphatic heterocycles. The van der Waals surface area contributed by atoms with Gasteiger partial charge >= 0.3 is 5.97 Å². The van der Waals surface area contributed by atoms with Crippen LogP contribution in [0.3, 0.4) is 0 Å². The lowest BCUT2D eigenvalue weighted by atomic mass is 10.1. The van der Waals surface area contributed by atoms with Crippen molar-refractivity contribution in [3.05, 3.63) is 23.5 Å². The molecule has 1 fully saturated rings. The highest BCUT2D eigenvalue weighted by Gasteiger charge is 2.21. The minimum atomic E-state index is -0.378. The van der Waals surface area contributed by atoms with Crippen molar-refractivity contribution in [2.75, 3.05) is 13.2 Å². The molecule has 5 heteroatoms. The second-order valence-corrected chi connectivity index (χ2v) is 4.50. The van der Waals surface area contributed by atoms with E-state index < -0.39 is 0 Å². The van der Waals surface area contributed by atoms with Crippen molar-refractivity contribution in [2.24, 2.45) is 7.05 Å². The zero-order valence-corrected chi connectivity index (χ0v) is 10.6. The van der Waals surface area contributed by atoms with Crippen LogP contribution >= 0.6 is 0 Å². The van der Waals surface area contributed by atoms with Gasteiger partial charge in [-0.1, -0.05) is 0 Å². The van der Waals surface area contributed by atoms with Gasteiger partial charge < -0.3 is 14.0 Å². The first-order valence-corrected chi connectivity index (χ1v) is 6.04. The van der Waals surface area contributed by atoms with Crippen molar-refractivity contribution in [2.45, 2.75) is 25.9 Å². The predicted octanol–water partition coefficient (Wildman–Crippen LogP) is 1.56. The molecule has 0 radical (unpaired) electrons. The van der Waals surface area contributed by atoms with E-state index in [2.05, 4.69) is 0 Å². The van der Waals surface area contributed by atoms with Crippen molar-refractivity contribution in [3.63, 3.8) is 0 Å². The number of aryl methyl sites for hydroxylation is 1. The molecule has 98 valence electrons. The highest BCUT2D eigenvalue weighted by molar-refractivity contribution is 5.97. The Kier molecular flexibility index (Phi) is 3.81. The maximum absolute atomic E-state index is 12.0. The van der Waals surface area contributed by atoms with Gasteiger partial charge in [0.05, 0.1) is 13.2 Å². The zero-order valence-electron chi connectivity index (χ0n) is 10.6. The largest absolute Gasteiger partial charge is 0.458 e. The molecule has 0 amide bonds. The fourth-order valence-electron chi connectivity index (χ4n) is 1.97.